The van der Waals surface area contributed by atoms with Crippen molar-refractivity contribution in [1.29, 1.82) is 0 Å². The summed E-state index contributed by atoms with van der Waals surface area (Å²) < 4.78 is 6.09. The Kier molecular flexibility index (Phi) is 5.41. The van der Waals surface area contributed by atoms with E-state index in [9.17, 15) is 9.59 Å². The standard InChI is InChI=1S/C24H21ClN4O3/c25-19-5-6-22-20(15-19)29(16-18-3-1-2-4-21(18)32-22)24(31)28-13-11-27(12-14-28)23(30)17-7-9-26-10-8-17/h1-10,15H,11-14,16H2. The second-order valence-electron chi connectivity index (χ2n) is 7.71. The number of hydrogen-bond acceptors (Lipinski definition) is 4. The third-order valence-corrected chi connectivity index (χ3v) is 5.96. The van der Waals surface area contributed by atoms with Crippen LogP contribution in [0.2, 0.25) is 5.02 Å². The first kappa shape index (κ1) is 20.3. The first-order chi connectivity index (χ1) is 15.6. The third-order valence-electron chi connectivity index (χ3n) is 5.73. The SMILES string of the molecule is O=C(c1ccncc1)N1CCN(C(=O)N2Cc3ccccc3Oc3ccc(Cl)cc32)CC1. The number of benzene rings is 2. The van der Waals surface area contributed by atoms with E-state index in [0.717, 1.165) is 11.3 Å². The molecule has 3 amide bonds. The Bertz CT molecular complexity index is 1160. The Morgan fingerprint density at radius 2 is 1.59 bits per heavy atom. The van der Waals surface area contributed by atoms with Gasteiger partial charge in [0.05, 0.1) is 12.2 Å². The summed E-state index contributed by atoms with van der Waals surface area (Å²) in [7, 11) is 0. The van der Waals surface area contributed by atoms with Gasteiger partial charge in [0, 0.05) is 54.7 Å². The summed E-state index contributed by atoms with van der Waals surface area (Å²) in [5.74, 6) is 1.26. The number of amides is 3. The van der Waals surface area contributed by atoms with Crippen molar-refractivity contribution in [3.8, 4) is 11.5 Å². The Labute approximate surface area is 190 Å². The lowest BCUT2D eigenvalue weighted by molar-refractivity contribution is 0.0668. The van der Waals surface area contributed by atoms with Crippen LogP contribution >= 0.6 is 11.6 Å². The number of para-hydroxylation sites is 1. The van der Waals surface area contributed by atoms with Crippen molar-refractivity contribution in [1.82, 2.24) is 14.8 Å². The maximum atomic E-state index is 13.6. The molecule has 0 N–H and O–H groups in total. The molecule has 8 heteroatoms. The van der Waals surface area contributed by atoms with E-state index < -0.39 is 0 Å². The van der Waals surface area contributed by atoms with E-state index in [0.29, 0.717) is 54.7 Å². The number of fused-ring (bicyclic) bond motifs is 2. The summed E-state index contributed by atoms with van der Waals surface area (Å²) in [6, 6.07) is 16.2. The summed E-state index contributed by atoms with van der Waals surface area (Å²) >= 11 is 6.25. The number of aromatic nitrogens is 1. The normalized spacial score (nSPS) is 15.3. The predicted octanol–water partition coefficient (Wildman–Crippen LogP) is 4.43. The lowest BCUT2D eigenvalue weighted by Gasteiger charge is -2.37. The molecular weight excluding hydrogens is 428 g/mol. The number of urea groups is 1. The van der Waals surface area contributed by atoms with Crippen LogP contribution in [-0.4, -0.2) is 52.9 Å². The second-order valence-corrected chi connectivity index (χ2v) is 8.14. The maximum Gasteiger partial charge on any atom is 0.325 e. The number of pyridine rings is 1. The molecule has 2 aliphatic heterocycles. The van der Waals surface area contributed by atoms with Crippen LogP contribution in [0.3, 0.4) is 0 Å². The molecule has 1 fully saturated rings. The van der Waals surface area contributed by atoms with Crippen LogP contribution in [0.15, 0.2) is 67.0 Å². The molecular formula is C24H21ClN4O3. The number of carbonyl (C=O) groups excluding carboxylic acids is 2. The van der Waals surface area contributed by atoms with Gasteiger partial charge in [0.2, 0.25) is 0 Å². The van der Waals surface area contributed by atoms with Gasteiger partial charge >= 0.3 is 6.03 Å². The molecule has 1 aromatic heterocycles. The van der Waals surface area contributed by atoms with Gasteiger partial charge in [-0.25, -0.2) is 4.79 Å². The van der Waals surface area contributed by atoms with E-state index in [1.54, 1.807) is 57.4 Å². The summed E-state index contributed by atoms with van der Waals surface area (Å²) in [5.41, 5.74) is 2.15. The fourth-order valence-corrected chi connectivity index (χ4v) is 4.18. The van der Waals surface area contributed by atoms with Crippen LogP contribution in [0.5, 0.6) is 11.5 Å². The van der Waals surface area contributed by atoms with Crippen molar-refractivity contribution in [2.45, 2.75) is 6.54 Å². The zero-order valence-electron chi connectivity index (χ0n) is 17.3. The van der Waals surface area contributed by atoms with Crippen molar-refractivity contribution in [2.24, 2.45) is 0 Å². The van der Waals surface area contributed by atoms with Gasteiger partial charge in [-0.3, -0.25) is 14.7 Å². The second kappa shape index (κ2) is 8.51. The third kappa shape index (κ3) is 3.87. The first-order valence-electron chi connectivity index (χ1n) is 10.4. The Morgan fingerprint density at radius 3 is 2.38 bits per heavy atom. The van der Waals surface area contributed by atoms with E-state index >= 15 is 0 Å². The molecule has 162 valence electrons. The van der Waals surface area contributed by atoms with Crippen molar-refractivity contribution in [3.63, 3.8) is 0 Å². The number of carbonyl (C=O) groups is 2. The lowest BCUT2D eigenvalue weighted by Crippen LogP contribution is -2.54. The summed E-state index contributed by atoms with van der Waals surface area (Å²) in [5, 5.41) is 0.531. The fraction of sp³-hybridized carbons (Fsp3) is 0.208. The van der Waals surface area contributed by atoms with Gasteiger partial charge in [0.1, 0.15) is 5.75 Å². The molecule has 0 radical (unpaired) electrons. The zero-order chi connectivity index (χ0) is 22.1. The monoisotopic (exact) mass is 448 g/mol. The average molecular weight is 449 g/mol. The van der Waals surface area contributed by atoms with E-state index in [-0.39, 0.29) is 11.9 Å². The highest BCUT2D eigenvalue weighted by Gasteiger charge is 2.32. The summed E-state index contributed by atoms with van der Waals surface area (Å²) in [6.07, 6.45) is 3.21. The molecule has 2 aromatic carbocycles. The molecule has 0 aliphatic carbocycles. The van der Waals surface area contributed by atoms with Gasteiger partial charge in [0.25, 0.3) is 5.91 Å². The van der Waals surface area contributed by atoms with Crippen molar-refractivity contribution in [2.75, 3.05) is 31.1 Å². The number of anilines is 1. The Hall–Kier alpha value is -3.58. The average Bonchev–Trinajstić information content (AvgIpc) is 3.00. The van der Waals surface area contributed by atoms with E-state index in [4.69, 9.17) is 16.3 Å². The van der Waals surface area contributed by atoms with Crippen LogP contribution in [0.1, 0.15) is 15.9 Å². The van der Waals surface area contributed by atoms with Gasteiger partial charge in [0.15, 0.2) is 5.75 Å². The quantitative estimate of drug-likeness (QED) is 0.552. The number of nitrogens with zero attached hydrogens (tertiary/aromatic N) is 4. The molecule has 0 saturated carbocycles. The van der Waals surface area contributed by atoms with Crippen molar-refractivity contribution in [3.05, 3.63) is 83.1 Å². The van der Waals surface area contributed by atoms with Crippen molar-refractivity contribution < 1.29 is 14.3 Å². The zero-order valence-corrected chi connectivity index (χ0v) is 18.0. The van der Waals surface area contributed by atoms with Gasteiger partial charge in [-0.05, 0) is 36.4 Å². The number of hydrogen-bond donors (Lipinski definition) is 0. The summed E-state index contributed by atoms with van der Waals surface area (Å²) in [6.45, 7) is 2.21. The Balaban J connectivity index is 1.36. The number of ether oxygens (including phenoxy) is 1. The van der Waals surface area contributed by atoms with Crippen LogP contribution in [0.25, 0.3) is 0 Å². The topological polar surface area (TPSA) is 66.0 Å². The highest BCUT2D eigenvalue weighted by atomic mass is 35.5. The number of rotatable bonds is 1. The molecule has 32 heavy (non-hydrogen) atoms. The molecule has 7 nitrogen and oxygen atoms in total. The van der Waals surface area contributed by atoms with Gasteiger partial charge in [-0.15, -0.1) is 0 Å². The molecule has 2 aliphatic rings. The van der Waals surface area contributed by atoms with Crippen LogP contribution < -0.4 is 9.64 Å². The van der Waals surface area contributed by atoms with Gasteiger partial charge in [-0.2, -0.15) is 0 Å². The molecule has 5 rings (SSSR count). The minimum Gasteiger partial charge on any atom is -0.455 e. The number of piperazine rings is 1. The lowest BCUT2D eigenvalue weighted by atomic mass is 10.2. The molecule has 0 unspecified atom stereocenters. The largest absolute Gasteiger partial charge is 0.455 e. The molecule has 3 aromatic rings. The highest BCUT2D eigenvalue weighted by Crippen LogP contribution is 2.40. The molecule has 0 bridgehead atoms. The smallest absolute Gasteiger partial charge is 0.325 e. The van der Waals surface area contributed by atoms with Crippen molar-refractivity contribution >= 4 is 29.2 Å². The summed E-state index contributed by atoms with van der Waals surface area (Å²) in [4.78, 5) is 35.5. The maximum absolute atomic E-state index is 13.6. The predicted molar refractivity (Wildman–Crippen MR) is 121 cm³/mol. The molecule has 0 spiro atoms. The molecule has 1 saturated heterocycles. The molecule has 3 heterocycles. The highest BCUT2D eigenvalue weighted by molar-refractivity contribution is 6.31. The van der Waals surface area contributed by atoms with E-state index in [2.05, 4.69) is 4.98 Å². The van der Waals surface area contributed by atoms with E-state index in [1.807, 2.05) is 24.3 Å². The first-order valence-corrected chi connectivity index (χ1v) is 10.8. The minimum absolute atomic E-state index is 0.0475. The van der Waals surface area contributed by atoms with Gasteiger partial charge < -0.3 is 14.5 Å². The fourth-order valence-electron chi connectivity index (χ4n) is 4.02. The van der Waals surface area contributed by atoms with Crippen LogP contribution in [0, 0.1) is 0 Å². The van der Waals surface area contributed by atoms with Crippen LogP contribution in [0.4, 0.5) is 10.5 Å². The minimum atomic E-state index is -0.134. The van der Waals surface area contributed by atoms with E-state index in [1.165, 1.54) is 0 Å². The number of halogens is 1. The van der Waals surface area contributed by atoms with Crippen LogP contribution in [-0.2, 0) is 6.54 Å². The molecule has 0 atom stereocenters. The van der Waals surface area contributed by atoms with Gasteiger partial charge in [-0.1, -0.05) is 29.8 Å². The Morgan fingerprint density at radius 1 is 0.875 bits per heavy atom.